The normalized spacial score (nSPS) is 15.6. The van der Waals surface area contributed by atoms with E-state index in [9.17, 15) is 13.2 Å². The lowest BCUT2D eigenvalue weighted by atomic mass is 9.98. The number of aromatic nitrogens is 1. The van der Waals surface area contributed by atoms with Crippen molar-refractivity contribution < 1.29 is 13.2 Å². The fourth-order valence-electron chi connectivity index (χ4n) is 4.31. The van der Waals surface area contributed by atoms with Crippen molar-refractivity contribution in [1.82, 2.24) is 9.47 Å². The molecule has 2 heterocycles. The summed E-state index contributed by atoms with van der Waals surface area (Å²) in [5.41, 5.74) is 4.00. The van der Waals surface area contributed by atoms with E-state index in [1.165, 1.54) is 0 Å². The summed E-state index contributed by atoms with van der Waals surface area (Å²) in [5, 5.41) is 0.719. The Morgan fingerprint density at radius 1 is 0.969 bits per heavy atom. The lowest BCUT2D eigenvalue weighted by Gasteiger charge is -2.16. The summed E-state index contributed by atoms with van der Waals surface area (Å²) in [4.78, 5) is 14.6. The first-order valence-electron chi connectivity index (χ1n) is 11.5. The van der Waals surface area contributed by atoms with Crippen LogP contribution in [0.4, 0.5) is 0 Å². The number of nitrogens with zero attached hydrogens (tertiary/aromatic N) is 2. The third-order valence-electron chi connectivity index (χ3n) is 6.62. The van der Waals surface area contributed by atoms with E-state index in [1.807, 2.05) is 35.4 Å². The average Bonchev–Trinajstić information content (AvgIpc) is 3.47. The molecule has 32 heavy (non-hydrogen) atoms. The Labute approximate surface area is 191 Å². The molecule has 4 rings (SSSR count). The van der Waals surface area contributed by atoms with Crippen molar-refractivity contribution >= 4 is 26.6 Å². The van der Waals surface area contributed by atoms with E-state index in [0.29, 0.717) is 6.42 Å². The third kappa shape index (κ3) is 4.60. The molecular weight excluding hydrogens is 420 g/mol. The monoisotopic (exact) mass is 452 g/mol. The number of rotatable bonds is 7. The quantitative estimate of drug-likeness (QED) is 0.496. The smallest absolute Gasteiger partial charge is 0.253 e. The van der Waals surface area contributed by atoms with Crippen LogP contribution in [0.5, 0.6) is 0 Å². The second-order valence-corrected chi connectivity index (χ2v) is 11.8. The number of sulfone groups is 1. The van der Waals surface area contributed by atoms with Gasteiger partial charge in [-0.2, -0.15) is 0 Å². The average molecular weight is 453 g/mol. The first-order valence-corrected chi connectivity index (χ1v) is 13.2. The van der Waals surface area contributed by atoms with Gasteiger partial charge in [-0.1, -0.05) is 19.1 Å². The SMILES string of the molecule is CC(C)S(=O)(=O)CC[C@H](C)c1ccc(-n2ccc3cc(C(=O)N4CCCC4)ccc32)cc1. The van der Waals surface area contributed by atoms with Gasteiger partial charge in [0, 0.05) is 35.9 Å². The molecule has 1 atom stereocenters. The van der Waals surface area contributed by atoms with Gasteiger partial charge in [-0.3, -0.25) is 4.79 Å². The highest BCUT2D eigenvalue weighted by Gasteiger charge is 2.20. The number of hydrogen-bond donors (Lipinski definition) is 0. The number of amides is 1. The fourth-order valence-corrected chi connectivity index (χ4v) is 5.46. The second kappa shape index (κ2) is 9.10. The van der Waals surface area contributed by atoms with Gasteiger partial charge in [0.1, 0.15) is 0 Å². The van der Waals surface area contributed by atoms with Gasteiger partial charge in [0.2, 0.25) is 0 Å². The van der Waals surface area contributed by atoms with Crippen molar-refractivity contribution in [2.24, 2.45) is 0 Å². The number of carbonyl (C=O) groups is 1. The van der Waals surface area contributed by atoms with Crippen molar-refractivity contribution in [2.75, 3.05) is 18.8 Å². The number of benzene rings is 2. The van der Waals surface area contributed by atoms with Crippen LogP contribution in [0.2, 0.25) is 0 Å². The summed E-state index contributed by atoms with van der Waals surface area (Å²) in [5.74, 6) is 0.516. The Morgan fingerprint density at radius 3 is 2.31 bits per heavy atom. The van der Waals surface area contributed by atoms with Crippen molar-refractivity contribution in [1.29, 1.82) is 0 Å². The Balaban J connectivity index is 1.50. The predicted octanol–water partition coefficient (Wildman–Crippen LogP) is 5.18. The zero-order valence-corrected chi connectivity index (χ0v) is 19.9. The number of carbonyl (C=O) groups excluding carboxylic acids is 1. The molecule has 6 heteroatoms. The van der Waals surface area contributed by atoms with Crippen LogP contribution >= 0.6 is 0 Å². The molecule has 0 aliphatic carbocycles. The van der Waals surface area contributed by atoms with Gasteiger partial charge in [0.15, 0.2) is 9.84 Å². The number of hydrogen-bond acceptors (Lipinski definition) is 3. The molecule has 0 bridgehead atoms. The highest BCUT2D eigenvalue weighted by Crippen LogP contribution is 2.26. The molecular formula is C26H32N2O3S. The van der Waals surface area contributed by atoms with Gasteiger partial charge in [-0.05, 0) is 81.0 Å². The Morgan fingerprint density at radius 2 is 1.66 bits per heavy atom. The van der Waals surface area contributed by atoms with Gasteiger partial charge in [-0.15, -0.1) is 0 Å². The maximum Gasteiger partial charge on any atom is 0.253 e. The minimum atomic E-state index is -3.02. The molecule has 0 spiro atoms. The molecule has 1 aliphatic heterocycles. The molecule has 170 valence electrons. The lowest BCUT2D eigenvalue weighted by molar-refractivity contribution is 0.0793. The zero-order valence-electron chi connectivity index (χ0n) is 19.1. The van der Waals surface area contributed by atoms with E-state index in [0.717, 1.165) is 53.6 Å². The summed E-state index contributed by atoms with van der Waals surface area (Å²) in [6.07, 6.45) is 4.83. The highest BCUT2D eigenvalue weighted by atomic mass is 32.2. The van der Waals surface area contributed by atoms with Crippen LogP contribution in [0, 0.1) is 0 Å². The molecule has 3 aromatic rings. The molecule has 1 amide bonds. The summed E-state index contributed by atoms with van der Waals surface area (Å²) in [6, 6.07) is 16.3. The molecule has 1 aromatic heterocycles. The summed E-state index contributed by atoms with van der Waals surface area (Å²) in [6.45, 7) is 7.26. The molecule has 0 N–H and O–H groups in total. The maximum atomic E-state index is 12.7. The van der Waals surface area contributed by atoms with E-state index < -0.39 is 9.84 Å². The van der Waals surface area contributed by atoms with Crippen molar-refractivity contribution in [3.05, 3.63) is 65.9 Å². The summed E-state index contributed by atoms with van der Waals surface area (Å²) < 4.78 is 26.3. The van der Waals surface area contributed by atoms with E-state index in [2.05, 4.69) is 35.8 Å². The fraction of sp³-hybridized carbons (Fsp3) is 0.423. The lowest BCUT2D eigenvalue weighted by Crippen LogP contribution is -2.27. The molecule has 1 saturated heterocycles. The minimum absolute atomic E-state index is 0.120. The molecule has 0 saturated carbocycles. The van der Waals surface area contributed by atoms with Crippen molar-refractivity contribution in [2.45, 2.75) is 51.2 Å². The van der Waals surface area contributed by atoms with Crippen LogP contribution in [0.25, 0.3) is 16.6 Å². The Kier molecular flexibility index (Phi) is 6.42. The number of likely N-dealkylation sites (tertiary alicyclic amines) is 1. The first-order chi connectivity index (χ1) is 15.3. The molecule has 1 aliphatic rings. The van der Waals surface area contributed by atoms with E-state index in [4.69, 9.17) is 0 Å². The van der Waals surface area contributed by atoms with Gasteiger partial charge >= 0.3 is 0 Å². The van der Waals surface area contributed by atoms with E-state index >= 15 is 0 Å². The van der Waals surface area contributed by atoms with Crippen LogP contribution < -0.4 is 0 Å². The Hall–Kier alpha value is -2.60. The minimum Gasteiger partial charge on any atom is -0.339 e. The standard InChI is InChI=1S/C26H32N2O3S/c1-19(2)32(30,31)17-13-20(3)21-6-9-24(10-7-21)28-16-12-22-18-23(8-11-25(22)28)26(29)27-14-4-5-15-27/h6-12,16,18-20H,4-5,13-15,17H2,1-3H3/t20-/m0/s1. The summed E-state index contributed by atoms with van der Waals surface area (Å²) >= 11 is 0. The van der Waals surface area contributed by atoms with Crippen LogP contribution in [0.1, 0.15) is 61.9 Å². The van der Waals surface area contributed by atoms with Gasteiger partial charge < -0.3 is 9.47 Å². The van der Waals surface area contributed by atoms with Crippen LogP contribution in [0.15, 0.2) is 54.7 Å². The van der Waals surface area contributed by atoms with E-state index in [-0.39, 0.29) is 22.8 Å². The van der Waals surface area contributed by atoms with Crippen LogP contribution in [-0.4, -0.2) is 47.9 Å². The topological polar surface area (TPSA) is 59.4 Å². The van der Waals surface area contributed by atoms with Gasteiger partial charge in [-0.25, -0.2) is 8.42 Å². The Bertz CT molecular complexity index is 1200. The highest BCUT2D eigenvalue weighted by molar-refractivity contribution is 7.91. The van der Waals surface area contributed by atoms with Crippen LogP contribution in [0.3, 0.4) is 0 Å². The first kappa shape index (κ1) is 22.6. The molecule has 0 radical (unpaired) electrons. The molecule has 0 unspecified atom stereocenters. The zero-order chi connectivity index (χ0) is 22.9. The molecule has 1 fully saturated rings. The van der Waals surface area contributed by atoms with Crippen LogP contribution in [-0.2, 0) is 9.84 Å². The van der Waals surface area contributed by atoms with Gasteiger partial charge in [0.25, 0.3) is 5.91 Å². The van der Waals surface area contributed by atoms with Crippen molar-refractivity contribution in [3.8, 4) is 5.69 Å². The van der Waals surface area contributed by atoms with E-state index in [1.54, 1.807) is 13.8 Å². The maximum absolute atomic E-state index is 12.7. The van der Waals surface area contributed by atoms with Crippen molar-refractivity contribution in [3.63, 3.8) is 0 Å². The predicted molar refractivity (Wildman–Crippen MR) is 130 cm³/mol. The largest absolute Gasteiger partial charge is 0.339 e. The third-order valence-corrected chi connectivity index (χ3v) is 8.87. The number of fused-ring (bicyclic) bond motifs is 1. The molecule has 5 nitrogen and oxygen atoms in total. The summed E-state index contributed by atoms with van der Waals surface area (Å²) in [7, 11) is -3.02. The second-order valence-electron chi connectivity index (χ2n) is 9.16. The molecule has 2 aromatic carbocycles. The van der Waals surface area contributed by atoms with Gasteiger partial charge in [0.05, 0.1) is 16.5 Å².